The van der Waals surface area contributed by atoms with Gasteiger partial charge in [0.15, 0.2) is 15.4 Å². The second kappa shape index (κ2) is 3.36. The summed E-state index contributed by atoms with van der Waals surface area (Å²) in [5.74, 6) is 0. The van der Waals surface area contributed by atoms with Crippen molar-refractivity contribution in [1.82, 2.24) is 19.1 Å². The lowest BCUT2D eigenvalue weighted by Gasteiger charge is -2.05. The van der Waals surface area contributed by atoms with Gasteiger partial charge in [-0.3, -0.25) is 0 Å². The Hall–Kier alpha value is -0.880. The van der Waals surface area contributed by atoms with Crippen LogP contribution in [0, 0.1) is 4.64 Å². The molecule has 14 heavy (non-hydrogen) atoms. The topological polar surface area (TPSA) is 35.6 Å². The van der Waals surface area contributed by atoms with Gasteiger partial charge < -0.3 is 9.13 Å². The normalized spacial score (nSPS) is 11.1. The lowest BCUT2D eigenvalue weighted by molar-refractivity contribution is 0.763. The van der Waals surface area contributed by atoms with Gasteiger partial charge in [0, 0.05) is 14.1 Å². The quantitative estimate of drug-likeness (QED) is 0.422. The first-order chi connectivity index (χ1) is 6.65. The van der Waals surface area contributed by atoms with Crippen molar-refractivity contribution in [1.29, 1.82) is 0 Å². The Labute approximate surface area is 91.0 Å². The Bertz CT molecular complexity index is 540. The van der Waals surface area contributed by atoms with Crippen molar-refractivity contribution < 1.29 is 0 Å². The van der Waals surface area contributed by atoms with Crippen LogP contribution in [-0.4, -0.2) is 25.4 Å². The first-order valence-electron chi connectivity index (χ1n) is 4.07. The number of fused-ring (bicyclic) bond motifs is 1. The van der Waals surface area contributed by atoms with Crippen LogP contribution < -0.4 is 0 Å². The minimum atomic E-state index is 0.613. The molecule has 0 aliphatic rings. The highest BCUT2D eigenvalue weighted by molar-refractivity contribution is 7.98. The zero-order valence-corrected chi connectivity index (χ0v) is 9.82. The number of imidazole rings is 1. The summed E-state index contributed by atoms with van der Waals surface area (Å²) in [5.41, 5.74) is 1.80. The SMILES string of the molecule is CSc1nc(=S)c2c(ncn2C)n1C. The fraction of sp³-hybridized carbons (Fsp3) is 0.375. The molecule has 0 atom stereocenters. The van der Waals surface area contributed by atoms with E-state index < -0.39 is 0 Å². The molecule has 0 amide bonds. The van der Waals surface area contributed by atoms with Gasteiger partial charge in [-0.05, 0) is 6.26 Å². The van der Waals surface area contributed by atoms with Crippen LogP contribution in [0.1, 0.15) is 0 Å². The van der Waals surface area contributed by atoms with Crippen LogP contribution >= 0.6 is 24.0 Å². The van der Waals surface area contributed by atoms with Crippen LogP contribution in [0.4, 0.5) is 0 Å². The Balaban J connectivity index is 2.97. The molecule has 0 N–H and O–H groups in total. The van der Waals surface area contributed by atoms with Gasteiger partial charge in [-0.2, -0.15) is 0 Å². The summed E-state index contributed by atoms with van der Waals surface area (Å²) >= 11 is 6.78. The van der Waals surface area contributed by atoms with E-state index in [-0.39, 0.29) is 0 Å². The molecule has 2 aromatic rings. The van der Waals surface area contributed by atoms with Gasteiger partial charge >= 0.3 is 0 Å². The number of aryl methyl sites for hydroxylation is 2. The molecule has 0 bridgehead atoms. The number of nitrogens with zero attached hydrogens (tertiary/aromatic N) is 4. The number of hydrogen-bond donors (Lipinski definition) is 0. The highest BCUT2D eigenvalue weighted by Crippen LogP contribution is 2.18. The van der Waals surface area contributed by atoms with Crippen molar-refractivity contribution in [2.75, 3.05) is 6.26 Å². The molecule has 74 valence electrons. The zero-order chi connectivity index (χ0) is 10.3. The van der Waals surface area contributed by atoms with E-state index in [1.54, 1.807) is 18.1 Å². The molecule has 2 aromatic heterocycles. The first-order valence-corrected chi connectivity index (χ1v) is 5.70. The van der Waals surface area contributed by atoms with Crippen LogP contribution in [0.25, 0.3) is 11.2 Å². The van der Waals surface area contributed by atoms with E-state index in [4.69, 9.17) is 12.2 Å². The fourth-order valence-electron chi connectivity index (χ4n) is 1.40. The van der Waals surface area contributed by atoms with Crippen molar-refractivity contribution in [3.05, 3.63) is 11.0 Å². The van der Waals surface area contributed by atoms with Gasteiger partial charge in [0.1, 0.15) is 5.52 Å². The molecule has 2 rings (SSSR count). The highest BCUT2D eigenvalue weighted by atomic mass is 32.2. The van der Waals surface area contributed by atoms with Crippen LogP contribution in [0.2, 0.25) is 0 Å². The van der Waals surface area contributed by atoms with Crippen molar-refractivity contribution >= 4 is 35.1 Å². The predicted molar refractivity (Wildman–Crippen MR) is 60.1 cm³/mol. The Morgan fingerprint density at radius 3 is 2.79 bits per heavy atom. The van der Waals surface area contributed by atoms with Gasteiger partial charge in [-0.1, -0.05) is 24.0 Å². The second-order valence-corrected chi connectivity index (χ2v) is 4.15. The van der Waals surface area contributed by atoms with Gasteiger partial charge in [-0.25, -0.2) is 9.97 Å². The van der Waals surface area contributed by atoms with Crippen molar-refractivity contribution in [2.24, 2.45) is 14.1 Å². The molecular weight excluding hydrogens is 216 g/mol. The van der Waals surface area contributed by atoms with E-state index in [0.717, 1.165) is 16.3 Å². The van der Waals surface area contributed by atoms with Crippen LogP contribution in [0.5, 0.6) is 0 Å². The molecule has 0 saturated heterocycles. The van der Waals surface area contributed by atoms with Crippen LogP contribution in [-0.2, 0) is 14.1 Å². The molecule has 2 heterocycles. The molecule has 0 aliphatic carbocycles. The standard InChI is InChI=1S/C8H10N4S2/c1-11-4-9-6-5(11)7(13)10-8(14-3)12(6)2/h4H,1-3H3. The Morgan fingerprint density at radius 1 is 1.43 bits per heavy atom. The van der Waals surface area contributed by atoms with E-state index in [2.05, 4.69) is 9.97 Å². The summed E-state index contributed by atoms with van der Waals surface area (Å²) in [7, 11) is 3.87. The first kappa shape index (κ1) is 9.67. The van der Waals surface area contributed by atoms with Crippen molar-refractivity contribution in [2.45, 2.75) is 5.16 Å². The number of rotatable bonds is 1. The summed E-state index contributed by atoms with van der Waals surface area (Å²) in [6.07, 6.45) is 3.73. The number of thioether (sulfide) groups is 1. The third-order valence-corrected chi connectivity index (χ3v) is 3.12. The molecule has 0 aromatic carbocycles. The average Bonchev–Trinajstić information content (AvgIpc) is 2.54. The largest absolute Gasteiger partial charge is 0.330 e. The molecule has 0 spiro atoms. The molecule has 0 saturated carbocycles. The minimum Gasteiger partial charge on any atom is -0.330 e. The maximum absolute atomic E-state index is 5.21. The van der Waals surface area contributed by atoms with E-state index in [9.17, 15) is 0 Å². The van der Waals surface area contributed by atoms with Crippen LogP contribution in [0.15, 0.2) is 11.5 Å². The zero-order valence-electron chi connectivity index (χ0n) is 8.18. The lowest BCUT2D eigenvalue weighted by atomic mass is 10.5. The summed E-state index contributed by atoms with van der Waals surface area (Å²) in [6.45, 7) is 0. The van der Waals surface area contributed by atoms with Gasteiger partial charge in [0.05, 0.1) is 6.33 Å². The maximum Gasteiger partial charge on any atom is 0.170 e. The smallest absolute Gasteiger partial charge is 0.170 e. The molecule has 0 aliphatic heterocycles. The van der Waals surface area contributed by atoms with E-state index in [1.807, 2.05) is 29.5 Å². The van der Waals surface area contributed by atoms with Crippen LogP contribution in [0.3, 0.4) is 0 Å². The van der Waals surface area contributed by atoms with E-state index in [1.165, 1.54) is 0 Å². The van der Waals surface area contributed by atoms with Crippen molar-refractivity contribution in [3.8, 4) is 0 Å². The molecule has 6 heteroatoms. The third-order valence-electron chi connectivity index (χ3n) is 2.10. The molecule has 0 radical (unpaired) electrons. The number of hydrogen-bond acceptors (Lipinski definition) is 4. The minimum absolute atomic E-state index is 0.613. The lowest BCUT2D eigenvalue weighted by Crippen LogP contribution is -2.01. The number of aromatic nitrogens is 4. The average molecular weight is 226 g/mol. The molecule has 0 unspecified atom stereocenters. The van der Waals surface area contributed by atoms with Gasteiger partial charge in [0.2, 0.25) is 0 Å². The van der Waals surface area contributed by atoms with Crippen molar-refractivity contribution in [3.63, 3.8) is 0 Å². The molecule has 4 nitrogen and oxygen atoms in total. The monoisotopic (exact) mass is 226 g/mol. The highest BCUT2D eigenvalue weighted by Gasteiger charge is 2.08. The molecule has 0 fully saturated rings. The summed E-state index contributed by atoms with van der Waals surface area (Å²) < 4.78 is 4.47. The van der Waals surface area contributed by atoms with Gasteiger partial charge in [-0.15, -0.1) is 0 Å². The maximum atomic E-state index is 5.21. The summed E-state index contributed by atoms with van der Waals surface area (Å²) in [5, 5.41) is 0.890. The second-order valence-electron chi connectivity index (χ2n) is 2.99. The Morgan fingerprint density at radius 2 is 2.14 bits per heavy atom. The Kier molecular flexibility index (Phi) is 2.32. The van der Waals surface area contributed by atoms with E-state index >= 15 is 0 Å². The van der Waals surface area contributed by atoms with E-state index in [0.29, 0.717) is 4.64 Å². The summed E-state index contributed by atoms with van der Waals surface area (Å²) in [6, 6.07) is 0. The summed E-state index contributed by atoms with van der Waals surface area (Å²) in [4.78, 5) is 8.63. The van der Waals surface area contributed by atoms with Gasteiger partial charge in [0.25, 0.3) is 0 Å². The third kappa shape index (κ3) is 1.26. The predicted octanol–water partition coefficient (Wildman–Crippen LogP) is 1.76. The fourth-order valence-corrected chi connectivity index (χ4v) is 2.32. The molecular formula is C8H10N4S2.